The van der Waals surface area contributed by atoms with Crippen LogP contribution in [0, 0.1) is 0 Å². The molecule has 1 aromatic carbocycles. The molecule has 2 aliphatic rings. The van der Waals surface area contributed by atoms with E-state index in [-0.39, 0.29) is 24.0 Å². The van der Waals surface area contributed by atoms with Crippen LogP contribution in [0.15, 0.2) is 29.3 Å². The molecule has 0 amide bonds. The van der Waals surface area contributed by atoms with E-state index in [2.05, 4.69) is 51.6 Å². The minimum Gasteiger partial charge on any atom is -0.379 e. The Hall–Kier alpha value is -0.940. The van der Waals surface area contributed by atoms with Crippen molar-refractivity contribution >= 4 is 29.9 Å². The molecule has 2 fully saturated rings. The van der Waals surface area contributed by atoms with Crippen molar-refractivity contribution in [3.8, 4) is 0 Å². The molecule has 0 saturated carbocycles. The predicted molar refractivity (Wildman–Crippen MR) is 133 cm³/mol. The molecule has 2 N–H and O–H groups in total. The van der Waals surface area contributed by atoms with Gasteiger partial charge in [-0.15, -0.1) is 24.0 Å². The molecule has 0 radical (unpaired) electrons. The summed E-state index contributed by atoms with van der Waals surface area (Å²) < 4.78 is 10.8. The Kier molecular flexibility index (Phi) is 12.6. The fourth-order valence-electron chi connectivity index (χ4n) is 3.61. The van der Waals surface area contributed by atoms with Crippen LogP contribution in [-0.2, 0) is 22.6 Å². The Morgan fingerprint density at radius 1 is 0.900 bits per heavy atom. The summed E-state index contributed by atoms with van der Waals surface area (Å²) in [6.07, 6.45) is 1.11. The van der Waals surface area contributed by atoms with Crippen molar-refractivity contribution in [2.24, 2.45) is 4.99 Å². The molecule has 8 heteroatoms. The van der Waals surface area contributed by atoms with E-state index < -0.39 is 0 Å². The zero-order chi connectivity index (χ0) is 20.2. The molecule has 0 aromatic heterocycles. The number of hydrogen-bond donors (Lipinski definition) is 2. The number of hydrogen-bond acceptors (Lipinski definition) is 5. The van der Waals surface area contributed by atoms with Gasteiger partial charge in [0.1, 0.15) is 0 Å². The largest absolute Gasteiger partial charge is 0.379 e. The average Bonchev–Trinajstić information content (AvgIpc) is 2.77. The highest BCUT2D eigenvalue weighted by Gasteiger charge is 2.11. The van der Waals surface area contributed by atoms with Crippen LogP contribution < -0.4 is 10.6 Å². The van der Waals surface area contributed by atoms with E-state index in [1.165, 1.54) is 11.1 Å². The van der Waals surface area contributed by atoms with Gasteiger partial charge in [-0.25, -0.2) is 4.99 Å². The van der Waals surface area contributed by atoms with E-state index in [1.807, 2.05) is 0 Å². The third-order valence-electron chi connectivity index (χ3n) is 5.34. The highest BCUT2D eigenvalue weighted by Crippen LogP contribution is 2.10. The molecule has 3 rings (SSSR count). The maximum atomic E-state index is 5.42. The quantitative estimate of drug-likeness (QED) is 0.220. The summed E-state index contributed by atoms with van der Waals surface area (Å²) in [6.45, 7) is 14.3. The Bertz CT molecular complexity index is 602. The Balaban J connectivity index is 0.00000320. The molecule has 2 aliphatic heterocycles. The van der Waals surface area contributed by atoms with E-state index in [4.69, 9.17) is 14.5 Å². The molecule has 0 spiro atoms. The first-order chi connectivity index (χ1) is 14.3. The summed E-state index contributed by atoms with van der Waals surface area (Å²) in [4.78, 5) is 9.66. The predicted octanol–water partition coefficient (Wildman–Crippen LogP) is 1.91. The van der Waals surface area contributed by atoms with Crippen LogP contribution in [0.25, 0.3) is 0 Å². The van der Waals surface area contributed by atoms with Crippen LogP contribution in [-0.4, -0.2) is 88.0 Å². The van der Waals surface area contributed by atoms with Crippen LogP contribution in [0.3, 0.4) is 0 Å². The summed E-state index contributed by atoms with van der Waals surface area (Å²) in [5, 5.41) is 6.80. The standard InChI is InChI=1S/C22H37N5O2.HI/c1-2-23-22(24-8-3-9-26-10-14-28-15-11-26)25-18-20-4-6-21(7-5-20)19-27-12-16-29-17-13-27;/h4-7H,2-3,8-19H2,1H3,(H2,23,24,25);1H. The lowest BCUT2D eigenvalue weighted by Gasteiger charge is -2.26. The van der Waals surface area contributed by atoms with Crippen molar-refractivity contribution in [2.45, 2.75) is 26.4 Å². The molecular weight excluding hydrogens is 493 g/mol. The third kappa shape index (κ3) is 9.47. The average molecular weight is 531 g/mol. The molecule has 0 unspecified atom stereocenters. The van der Waals surface area contributed by atoms with Crippen LogP contribution in [0.2, 0.25) is 0 Å². The lowest BCUT2D eigenvalue weighted by molar-refractivity contribution is 0.0342. The number of rotatable bonds is 9. The second kappa shape index (κ2) is 15.0. The first-order valence-corrected chi connectivity index (χ1v) is 11.0. The van der Waals surface area contributed by atoms with E-state index in [9.17, 15) is 0 Å². The number of benzene rings is 1. The second-order valence-corrected chi connectivity index (χ2v) is 7.63. The van der Waals surface area contributed by atoms with Crippen molar-refractivity contribution in [3.63, 3.8) is 0 Å². The Morgan fingerprint density at radius 3 is 2.13 bits per heavy atom. The van der Waals surface area contributed by atoms with Gasteiger partial charge < -0.3 is 20.1 Å². The maximum Gasteiger partial charge on any atom is 0.191 e. The highest BCUT2D eigenvalue weighted by molar-refractivity contribution is 14.0. The topological polar surface area (TPSA) is 61.4 Å². The van der Waals surface area contributed by atoms with E-state index in [0.29, 0.717) is 6.54 Å². The number of nitrogens with one attached hydrogen (secondary N) is 2. The minimum atomic E-state index is 0. The Labute approximate surface area is 198 Å². The van der Waals surface area contributed by atoms with Crippen LogP contribution in [0.5, 0.6) is 0 Å². The zero-order valence-electron chi connectivity index (χ0n) is 18.3. The lowest BCUT2D eigenvalue weighted by atomic mass is 10.1. The van der Waals surface area contributed by atoms with Crippen molar-refractivity contribution < 1.29 is 9.47 Å². The van der Waals surface area contributed by atoms with E-state index in [1.54, 1.807) is 0 Å². The fraction of sp³-hybridized carbons (Fsp3) is 0.682. The van der Waals surface area contributed by atoms with Gasteiger partial charge in [0.2, 0.25) is 0 Å². The molecule has 0 aliphatic carbocycles. The van der Waals surface area contributed by atoms with Crippen molar-refractivity contribution in [1.29, 1.82) is 0 Å². The van der Waals surface area contributed by atoms with Gasteiger partial charge in [-0.1, -0.05) is 24.3 Å². The number of guanidine groups is 1. The molecule has 170 valence electrons. The monoisotopic (exact) mass is 531 g/mol. The molecule has 2 heterocycles. The van der Waals surface area contributed by atoms with Gasteiger partial charge in [-0.05, 0) is 31.0 Å². The van der Waals surface area contributed by atoms with E-state index in [0.717, 1.165) is 91.2 Å². The molecule has 0 atom stereocenters. The zero-order valence-corrected chi connectivity index (χ0v) is 20.6. The number of morpholine rings is 2. The molecule has 1 aromatic rings. The smallest absolute Gasteiger partial charge is 0.191 e. The maximum absolute atomic E-state index is 5.42. The second-order valence-electron chi connectivity index (χ2n) is 7.63. The Morgan fingerprint density at radius 2 is 1.50 bits per heavy atom. The minimum absolute atomic E-state index is 0. The van der Waals surface area contributed by atoms with Crippen LogP contribution >= 0.6 is 24.0 Å². The van der Waals surface area contributed by atoms with Gasteiger partial charge >= 0.3 is 0 Å². The van der Waals surface area contributed by atoms with Crippen LogP contribution in [0.1, 0.15) is 24.5 Å². The van der Waals surface area contributed by atoms with Gasteiger partial charge in [-0.2, -0.15) is 0 Å². The first-order valence-electron chi connectivity index (χ1n) is 11.0. The van der Waals surface area contributed by atoms with E-state index >= 15 is 0 Å². The van der Waals surface area contributed by atoms with Gasteiger partial charge in [0.05, 0.1) is 33.0 Å². The summed E-state index contributed by atoms with van der Waals surface area (Å²) in [7, 11) is 0. The lowest BCUT2D eigenvalue weighted by Crippen LogP contribution is -2.40. The number of ether oxygens (including phenoxy) is 2. The van der Waals surface area contributed by atoms with Crippen molar-refractivity contribution in [2.75, 3.05) is 72.2 Å². The number of aliphatic imine (C=N–C) groups is 1. The van der Waals surface area contributed by atoms with Crippen molar-refractivity contribution in [3.05, 3.63) is 35.4 Å². The van der Waals surface area contributed by atoms with Gasteiger partial charge in [-0.3, -0.25) is 9.80 Å². The summed E-state index contributed by atoms with van der Waals surface area (Å²) >= 11 is 0. The SMILES string of the molecule is CCNC(=NCc1ccc(CN2CCOCC2)cc1)NCCCN1CCOCC1.I. The molecular formula is C22H38IN5O2. The third-order valence-corrected chi connectivity index (χ3v) is 5.34. The van der Waals surface area contributed by atoms with Crippen LogP contribution in [0.4, 0.5) is 0 Å². The normalized spacial score (nSPS) is 18.6. The molecule has 2 saturated heterocycles. The van der Waals surface area contributed by atoms with Gasteiger partial charge in [0.25, 0.3) is 0 Å². The summed E-state index contributed by atoms with van der Waals surface area (Å²) in [6, 6.07) is 8.84. The molecule has 30 heavy (non-hydrogen) atoms. The summed E-state index contributed by atoms with van der Waals surface area (Å²) in [5.41, 5.74) is 2.59. The van der Waals surface area contributed by atoms with Crippen molar-refractivity contribution in [1.82, 2.24) is 20.4 Å². The van der Waals surface area contributed by atoms with Gasteiger partial charge in [0.15, 0.2) is 5.96 Å². The molecule has 7 nitrogen and oxygen atoms in total. The molecule has 0 bridgehead atoms. The number of halogens is 1. The first kappa shape index (κ1) is 25.3. The fourth-order valence-corrected chi connectivity index (χ4v) is 3.61. The van der Waals surface area contributed by atoms with Gasteiger partial charge in [0, 0.05) is 45.8 Å². The summed E-state index contributed by atoms with van der Waals surface area (Å²) in [5.74, 6) is 0.895. The number of nitrogens with zero attached hydrogens (tertiary/aromatic N) is 3. The highest BCUT2D eigenvalue weighted by atomic mass is 127.